The molecule has 1 aromatic rings. The van der Waals surface area contributed by atoms with Crippen LogP contribution in [0.4, 0.5) is 0 Å². The first-order valence-corrected chi connectivity index (χ1v) is 7.73. The van der Waals surface area contributed by atoms with Crippen LogP contribution in [-0.2, 0) is 4.79 Å². The Morgan fingerprint density at radius 2 is 1.90 bits per heavy atom. The second kappa shape index (κ2) is 8.40. The lowest BCUT2D eigenvalue weighted by Gasteiger charge is -2.28. The topological polar surface area (TPSA) is 55.1 Å². The molecule has 1 aromatic carbocycles. The molecule has 0 heterocycles. The van der Waals surface area contributed by atoms with Gasteiger partial charge in [-0.05, 0) is 30.2 Å². The molecule has 0 radical (unpaired) electrons. The Morgan fingerprint density at radius 3 is 2.43 bits per heavy atom. The molecule has 0 aliphatic heterocycles. The van der Waals surface area contributed by atoms with Crippen LogP contribution in [-0.4, -0.2) is 19.0 Å². The Hall–Kier alpha value is -1.06. The molecule has 3 N–H and O–H groups in total. The van der Waals surface area contributed by atoms with Crippen molar-refractivity contribution in [2.75, 3.05) is 13.1 Å². The Kier molecular flexibility index (Phi) is 7.20. The van der Waals surface area contributed by atoms with E-state index in [1.165, 1.54) is 25.7 Å². The zero-order chi connectivity index (χ0) is 14.4. The number of rotatable bonds is 6. The van der Waals surface area contributed by atoms with Crippen LogP contribution in [0.15, 0.2) is 30.3 Å². The standard InChI is InChI=1S/C17H26N2O.ClH/c1-2-17(10-6-7-11-17)13-19-16(20)15(12-18)14-8-4-3-5-9-14;/h3-5,8-9,15H,2,6-7,10-13,18H2,1H3,(H,19,20);1H. The van der Waals surface area contributed by atoms with E-state index in [1.807, 2.05) is 30.3 Å². The summed E-state index contributed by atoms with van der Waals surface area (Å²) < 4.78 is 0. The van der Waals surface area contributed by atoms with Gasteiger partial charge in [-0.1, -0.05) is 50.1 Å². The van der Waals surface area contributed by atoms with E-state index in [0.717, 1.165) is 18.5 Å². The van der Waals surface area contributed by atoms with Crippen LogP contribution in [0.3, 0.4) is 0 Å². The predicted octanol–water partition coefficient (Wildman–Crippen LogP) is 3.24. The summed E-state index contributed by atoms with van der Waals surface area (Å²) in [6.07, 6.45) is 6.21. The number of halogens is 1. The molecular weight excluding hydrogens is 284 g/mol. The van der Waals surface area contributed by atoms with Crippen molar-refractivity contribution in [2.45, 2.75) is 44.9 Å². The van der Waals surface area contributed by atoms with Gasteiger partial charge in [-0.3, -0.25) is 4.79 Å². The molecule has 1 aliphatic carbocycles. The van der Waals surface area contributed by atoms with E-state index in [0.29, 0.717) is 12.0 Å². The molecule has 0 bridgehead atoms. The van der Waals surface area contributed by atoms with Gasteiger partial charge < -0.3 is 11.1 Å². The number of benzene rings is 1. The second-order valence-electron chi connectivity index (χ2n) is 5.98. The molecule has 1 unspecified atom stereocenters. The molecule has 3 nitrogen and oxygen atoms in total. The average Bonchev–Trinajstić information content (AvgIpc) is 2.97. The van der Waals surface area contributed by atoms with E-state index in [4.69, 9.17) is 5.73 Å². The Morgan fingerprint density at radius 1 is 1.29 bits per heavy atom. The van der Waals surface area contributed by atoms with Crippen LogP contribution in [0.25, 0.3) is 0 Å². The Balaban J connectivity index is 0.00000220. The van der Waals surface area contributed by atoms with Crippen molar-refractivity contribution in [1.29, 1.82) is 0 Å². The average molecular weight is 311 g/mol. The highest BCUT2D eigenvalue weighted by Crippen LogP contribution is 2.40. The number of hydrogen-bond acceptors (Lipinski definition) is 2. The van der Waals surface area contributed by atoms with Crippen LogP contribution in [0.2, 0.25) is 0 Å². The largest absolute Gasteiger partial charge is 0.355 e. The Bertz CT molecular complexity index is 430. The van der Waals surface area contributed by atoms with Gasteiger partial charge in [0.2, 0.25) is 5.91 Å². The van der Waals surface area contributed by atoms with Crippen molar-refractivity contribution in [1.82, 2.24) is 5.32 Å². The quantitative estimate of drug-likeness (QED) is 0.847. The third-order valence-corrected chi connectivity index (χ3v) is 4.81. The molecule has 1 saturated carbocycles. The molecule has 2 rings (SSSR count). The summed E-state index contributed by atoms with van der Waals surface area (Å²) in [7, 11) is 0. The first kappa shape index (κ1) is 18.0. The predicted molar refractivity (Wildman–Crippen MR) is 89.7 cm³/mol. The molecule has 118 valence electrons. The monoisotopic (exact) mass is 310 g/mol. The van der Waals surface area contributed by atoms with Gasteiger partial charge in [0.05, 0.1) is 5.92 Å². The van der Waals surface area contributed by atoms with Gasteiger partial charge in [-0.2, -0.15) is 0 Å². The molecule has 0 aromatic heterocycles. The summed E-state index contributed by atoms with van der Waals surface area (Å²) in [5.41, 5.74) is 7.12. The molecule has 1 atom stereocenters. The van der Waals surface area contributed by atoms with Crippen LogP contribution < -0.4 is 11.1 Å². The number of nitrogens with two attached hydrogens (primary N) is 1. The van der Waals surface area contributed by atoms with Gasteiger partial charge in [-0.25, -0.2) is 0 Å². The van der Waals surface area contributed by atoms with Crippen molar-refractivity contribution in [3.63, 3.8) is 0 Å². The minimum atomic E-state index is -0.230. The van der Waals surface area contributed by atoms with Crippen LogP contribution >= 0.6 is 12.4 Å². The van der Waals surface area contributed by atoms with E-state index in [2.05, 4.69) is 12.2 Å². The van der Waals surface area contributed by atoms with Crippen molar-refractivity contribution in [3.8, 4) is 0 Å². The lowest BCUT2D eigenvalue weighted by Crippen LogP contribution is -2.40. The second-order valence-corrected chi connectivity index (χ2v) is 5.98. The minimum Gasteiger partial charge on any atom is -0.355 e. The highest BCUT2D eigenvalue weighted by molar-refractivity contribution is 5.85. The fraction of sp³-hybridized carbons (Fsp3) is 0.588. The summed E-state index contributed by atoms with van der Waals surface area (Å²) in [6, 6.07) is 9.82. The lowest BCUT2D eigenvalue weighted by atomic mass is 9.83. The number of amides is 1. The molecule has 0 saturated heterocycles. The summed E-state index contributed by atoms with van der Waals surface area (Å²) in [5.74, 6) is -0.162. The number of carbonyl (C=O) groups excluding carboxylic acids is 1. The normalized spacial score (nSPS) is 17.8. The van der Waals surface area contributed by atoms with Crippen molar-refractivity contribution >= 4 is 18.3 Å². The third kappa shape index (κ3) is 4.45. The van der Waals surface area contributed by atoms with Crippen LogP contribution in [0.5, 0.6) is 0 Å². The van der Waals surface area contributed by atoms with Crippen LogP contribution in [0, 0.1) is 5.41 Å². The number of nitrogens with one attached hydrogen (secondary N) is 1. The van der Waals surface area contributed by atoms with Crippen molar-refractivity contribution in [2.24, 2.45) is 11.1 Å². The van der Waals surface area contributed by atoms with Crippen LogP contribution in [0.1, 0.15) is 50.5 Å². The first-order chi connectivity index (χ1) is 9.71. The van der Waals surface area contributed by atoms with Gasteiger partial charge in [0, 0.05) is 13.1 Å². The van der Waals surface area contributed by atoms with Gasteiger partial charge in [0.25, 0.3) is 0 Å². The smallest absolute Gasteiger partial charge is 0.228 e. The molecule has 21 heavy (non-hydrogen) atoms. The first-order valence-electron chi connectivity index (χ1n) is 7.73. The van der Waals surface area contributed by atoms with E-state index in [9.17, 15) is 4.79 Å². The van der Waals surface area contributed by atoms with E-state index >= 15 is 0 Å². The maximum absolute atomic E-state index is 12.4. The van der Waals surface area contributed by atoms with Gasteiger partial charge >= 0.3 is 0 Å². The maximum atomic E-state index is 12.4. The summed E-state index contributed by atoms with van der Waals surface area (Å²) in [4.78, 5) is 12.4. The van der Waals surface area contributed by atoms with Gasteiger partial charge in [0.15, 0.2) is 0 Å². The van der Waals surface area contributed by atoms with E-state index < -0.39 is 0 Å². The number of hydrogen-bond donors (Lipinski definition) is 2. The highest BCUT2D eigenvalue weighted by atomic mass is 35.5. The maximum Gasteiger partial charge on any atom is 0.228 e. The molecule has 4 heteroatoms. The van der Waals surface area contributed by atoms with Crippen molar-refractivity contribution in [3.05, 3.63) is 35.9 Å². The fourth-order valence-corrected chi connectivity index (χ4v) is 3.26. The highest BCUT2D eigenvalue weighted by Gasteiger charge is 2.32. The lowest BCUT2D eigenvalue weighted by molar-refractivity contribution is -0.122. The SMILES string of the molecule is CCC1(CNC(=O)C(CN)c2ccccc2)CCCC1.Cl. The van der Waals surface area contributed by atoms with Gasteiger partial charge in [0.1, 0.15) is 0 Å². The zero-order valence-corrected chi connectivity index (χ0v) is 13.6. The van der Waals surface area contributed by atoms with Crippen molar-refractivity contribution < 1.29 is 4.79 Å². The summed E-state index contributed by atoms with van der Waals surface area (Å²) in [6.45, 7) is 3.38. The third-order valence-electron chi connectivity index (χ3n) is 4.81. The van der Waals surface area contributed by atoms with E-state index in [-0.39, 0.29) is 24.2 Å². The zero-order valence-electron chi connectivity index (χ0n) is 12.8. The minimum absolute atomic E-state index is 0. The summed E-state index contributed by atoms with van der Waals surface area (Å²) in [5, 5.41) is 3.15. The van der Waals surface area contributed by atoms with E-state index in [1.54, 1.807) is 0 Å². The summed E-state index contributed by atoms with van der Waals surface area (Å²) >= 11 is 0. The molecule has 1 fully saturated rings. The molecule has 0 spiro atoms. The fourth-order valence-electron chi connectivity index (χ4n) is 3.26. The Labute approximate surface area is 134 Å². The molecule has 1 amide bonds. The number of carbonyl (C=O) groups is 1. The molecular formula is C17H27ClN2O. The van der Waals surface area contributed by atoms with Gasteiger partial charge in [-0.15, -0.1) is 12.4 Å². The molecule has 1 aliphatic rings.